The Balaban J connectivity index is 1.65. The first-order valence-corrected chi connectivity index (χ1v) is 10.3. The lowest BCUT2D eigenvalue weighted by molar-refractivity contribution is 0.410. The quantitative estimate of drug-likeness (QED) is 0.519. The molecular weight excluding hydrogens is 372 g/mol. The minimum Gasteiger partial charge on any atom is -0.609 e. The molecule has 3 aromatic heterocycles. The van der Waals surface area contributed by atoms with E-state index in [0.29, 0.717) is 5.16 Å². The van der Waals surface area contributed by atoms with Gasteiger partial charge < -0.3 is 13.9 Å². The molecule has 3 heterocycles. The summed E-state index contributed by atoms with van der Waals surface area (Å²) in [7, 11) is 1.62. The summed E-state index contributed by atoms with van der Waals surface area (Å²) in [5, 5.41) is 0.456. The number of aryl methyl sites for hydroxylation is 2. The summed E-state index contributed by atoms with van der Waals surface area (Å²) in [5.74, 6) is 1.03. The van der Waals surface area contributed by atoms with Crippen molar-refractivity contribution in [3.05, 3.63) is 65.2 Å². The predicted molar refractivity (Wildman–Crippen MR) is 111 cm³/mol. The number of methoxy groups -OCH3 is 1. The molecule has 144 valence electrons. The Morgan fingerprint density at radius 2 is 1.86 bits per heavy atom. The van der Waals surface area contributed by atoms with Gasteiger partial charge in [0.1, 0.15) is 5.75 Å². The van der Waals surface area contributed by atoms with E-state index < -0.39 is 11.2 Å². The molecule has 0 saturated carbocycles. The summed E-state index contributed by atoms with van der Waals surface area (Å²) in [4.78, 5) is 12.1. The number of aromatic amines is 1. The van der Waals surface area contributed by atoms with Crippen molar-refractivity contribution >= 4 is 22.2 Å². The summed E-state index contributed by atoms with van der Waals surface area (Å²) in [6, 6.07) is 12.0. The van der Waals surface area contributed by atoms with E-state index in [4.69, 9.17) is 4.74 Å². The van der Waals surface area contributed by atoms with Crippen LogP contribution in [-0.2, 0) is 16.9 Å². The number of benzene rings is 1. The lowest BCUT2D eigenvalue weighted by atomic mass is 10.2. The van der Waals surface area contributed by atoms with E-state index in [-0.39, 0.29) is 5.75 Å². The van der Waals surface area contributed by atoms with Crippen molar-refractivity contribution in [1.29, 1.82) is 0 Å². The lowest BCUT2D eigenvalue weighted by Crippen LogP contribution is -2.10. The van der Waals surface area contributed by atoms with Gasteiger partial charge in [0.05, 0.1) is 23.8 Å². The van der Waals surface area contributed by atoms with Crippen LogP contribution in [-0.4, -0.2) is 31.2 Å². The van der Waals surface area contributed by atoms with Crippen molar-refractivity contribution in [1.82, 2.24) is 19.5 Å². The van der Waals surface area contributed by atoms with E-state index in [2.05, 4.69) is 45.5 Å². The monoisotopic (exact) mass is 394 g/mol. The molecule has 7 heteroatoms. The molecule has 0 aliphatic carbocycles. The molecule has 0 aliphatic heterocycles. The lowest BCUT2D eigenvalue weighted by Gasteiger charge is -2.10. The molecule has 0 amide bonds. The molecule has 28 heavy (non-hydrogen) atoms. The van der Waals surface area contributed by atoms with Crippen LogP contribution < -0.4 is 4.74 Å². The van der Waals surface area contributed by atoms with Crippen molar-refractivity contribution in [3.8, 4) is 11.4 Å². The summed E-state index contributed by atoms with van der Waals surface area (Å²) >= 11 is -1.33. The van der Waals surface area contributed by atoms with E-state index in [1.807, 2.05) is 25.1 Å². The maximum atomic E-state index is 12.9. The molecule has 6 nitrogen and oxygen atoms in total. The van der Waals surface area contributed by atoms with Crippen LogP contribution in [0.5, 0.6) is 5.75 Å². The third-order valence-electron chi connectivity index (χ3n) is 4.94. The van der Waals surface area contributed by atoms with E-state index in [1.54, 1.807) is 19.4 Å². The highest BCUT2D eigenvalue weighted by Gasteiger charge is 2.20. The standard InChI is InChI=1S/C21H22N4O2S/c1-13-5-6-14(2)25(13)16-7-8-17-18(11-16)24-21(23-17)28(26)12-19-15(3)20(27-4)9-10-22-19/h5-11H,12H2,1-4H3,(H,23,24). The number of nitrogens with one attached hydrogen (secondary N) is 1. The third kappa shape index (κ3) is 3.27. The Hall–Kier alpha value is -2.77. The molecular formula is C21H22N4O2S. The molecule has 1 unspecified atom stereocenters. The van der Waals surface area contributed by atoms with Crippen molar-refractivity contribution in [3.63, 3.8) is 0 Å². The zero-order valence-corrected chi connectivity index (χ0v) is 17.1. The summed E-state index contributed by atoms with van der Waals surface area (Å²) in [6.45, 7) is 6.07. The fourth-order valence-corrected chi connectivity index (χ4v) is 4.51. The number of rotatable bonds is 5. The Labute approximate surface area is 166 Å². The highest BCUT2D eigenvalue weighted by molar-refractivity contribution is 7.90. The highest BCUT2D eigenvalue weighted by Crippen LogP contribution is 2.25. The van der Waals surface area contributed by atoms with Crippen LogP contribution in [0.25, 0.3) is 16.7 Å². The number of H-pyrrole nitrogens is 1. The van der Waals surface area contributed by atoms with Crippen molar-refractivity contribution in [2.24, 2.45) is 0 Å². The number of nitrogens with zero attached hydrogens (tertiary/aromatic N) is 3. The first kappa shape index (κ1) is 18.6. The summed E-state index contributed by atoms with van der Waals surface area (Å²) in [5.41, 5.74) is 6.68. The number of ether oxygens (including phenoxy) is 1. The van der Waals surface area contributed by atoms with Crippen molar-refractivity contribution in [2.75, 3.05) is 7.11 Å². The van der Waals surface area contributed by atoms with E-state index >= 15 is 0 Å². The van der Waals surface area contributed by atoms with Gasteiger partial charge in [-0.25, -0.2) is 0 Å². The van der Waals surface area contributed by atoms with Crippen LogP contribution in [0.1, 0.15) is 22.6 Å². The van der Waals surface area contributed by atoms with Gasteiger partial charge in [-0.1, -0.05) is 0 Å². The second-order valence-electron chi connectivity index (χ2n) is 6.77. The van der Waals surface area contributed by atoms with Gasteiger partial charge in [0.15, 0.2) is 5.75 Å². The summed E-state index contributed by atoms with van der Waals surface area (Å²) < 4.78 is 20.4. The third-order valence-corrected chi connectivity index (χ3v) is 6.10. The summed E-state index contributed by atoms with van der Waals surface area (Å²) in [6.07, 6.45) is 1.67. The highest BCUT2D eigenvalue weighted by atomic mass is 32.2. The van der Waals surface area contributed by atoms with Crippen LogP contribution in [0.3, 0.4) is 0 Å². The van der Waals surface area contributed by atoms with Gasteiger partial charge in [0.25, 0.3) is 0 Å². The predicted octanol–water partition coefficient (Wildman–Crippen LogP) is 3.99. The fourth-order valence-electron chi connectivity index (χ4n) is 3.41. The van der Waals surface area contributed by atoms with Gasteiger partial charge >= 0.3 is 5.16 Å². The van der Waals surface area contributed by atoms with Gasteiger partial charge in [-0.2, -0.15) is 4.98 Å². The Morgan fingerprint density at radius 1 is 1.11 bits per heavy atom. The van der Waals surface area contributed by atoms with Gasteiger partial charge in [-0.05, 0) is 57.2 Å². The van der Waals surface area contributed by atoms with Crippen LogP contribution in [0.2, 0.25) is 0 Å². The molecule has 4 rings (SSSR count). The van der Waals surface area contributed by atoms with Gasteiger partial charge in [-0.15, -0.1) is 0 Å². The van der Waals surface area contributed by atoms with E-state index in [9.17, 15) is 4.55 Å². The number of imidazole rings is 1. The number of hydrogen-bond donors (Lipinski definition) is 1. The number of fused-ring (bicyclic) bond motifs is 1. The second-order valence-corrected chi connectivity index (χ2v) is 8.14. The molecule has 4 aromatic rings. The largest absolute Gasteiger partial charge is 0.609 e. The molecule has 0 radical (unpaired) electrons. The number of hydrogen-bond acceptors (Lipinski definition) is 4. The van der Waals surface area contributed by atoms with Crippen LogP contribution in [0.4, 0.5) is 0 Å². The molecule has 0 bridgehead atoms. The average molecular weight is 395 g/mol. The molecule has 1 atom stereocenters. The molecule has 1 aromatic carbocycles. The smallest absolute Gasteiger partial charge is 0.322 e. The fraction of sp³-hybridized carbons (Fsp3) is 0.238. The Bertz CT molecular complexity index is 1130. The average Bonchev–Trinajstić information content (AvgIpc) is 3.25. The molecule has 1 N–H and O–H groups in total. The number of aromatic nitrogens is 4. The van der Waals surface area contributed by atoms with E-state index in [1.165, 1.54) is 0 Å². The normalized spacial score (nSPS) is 12.5. The maximum Gasteiger partial charge on any atom is 0.322 e. The molecule has 0 spiro atoms. The zero-order valence-electron chi connectivity index (χ0n) is 16.3. The topological polar surface area (TPSA) is 78.8 Å². The van der Waals surface area contributed by atoms with Crippen LogP contribution in [0.15, 0.2) is 47.8 Å². The zero-order chi connectivity index (χ0) is 19.8. The van der Waals surface area contributed by atoms with Crippen LogP contribution in [0, 0.1) is 20.8 Å². The molecule has 0 fully saturated rings. The first-order chi connectivity index (χ1) is 13.5. The number of pyridine rings is 1. The van der Waals surface area contributed by atoms with E-state index in [0.717, 1.165) is 45.1 Å². The van der Waals surface area contributed by atoms with Gasteiger partial charge in [0.2, 0.25) is 0 Å². The SMILES string of the molecule is COc1ccnc(C[S+]([O-])c2nc3cc(-n4c(C)ccc4C)ccc3[nH]2)c1C. The first-order valence-electron chi connectivity index (χ1n) is 9.00. The van der Waals surface area contributed by atoms with Gasteiger partial charge in [-0.3, -0.25) is 9.97 Å². The Morgan fingerprint density at radius 3 is 2.57 bits per heavy atom. The minimum absolute atomic E-state index is 0.283. The minimum atomic E-state index is -1.33. The second kappa shape index (κ2) is 7.33. The van der Waals surface area contributed by atoms with Crippen LogP contribution >= 0.6 is 0 Å². The van der Waals surface area contributed by atoms with Gasteiger partial charge in [0, 0.05) is 40.0 Å². The van der Waals surface area contributed by atoms with Crippen molar-refractivity contribution < 1.29 is 9.29 Å². The maximum absolute atomic E-state index is 12.9. The van der Waals surface area contributed by atoms with Crippen molar-refractivity contribution in [2.45, 2.75) is 31.7 Å². The Kier molecular flexibility index (Phi) is 4.87. The molecule has 0 aliphatic rings. The molecule has 0 saturated heterocycles.